The molecule has 1 saturated heterocycles. The number of rotatable bonds is 2. The lowest BCUT2D eigenvalue weighted by Crippen LogP contribution is -2.38. The molecule has 2 fully saturated rings. The van der Waals surface area contributed by atoms with Crippen molar-refractivity contribution in [2.24, 2.45) is 10.9 Å². The summed E-state index contributed by atoms with van der Waals surface area (Å²) in [5.74, 6) is 0.887. The molecule has 0 aromatic heterocycles. The molecule has 2 atom stereocenters. The van der Waals surface area contributed by atoms with E-state index < -0.39 is 0 Å². The van der Waals surface area contributed by atoms with Crippen molar-refractivity contribution in [2.45, 2.75) is 50.8 Å². The quantitative estimate of drug-likeness (QED) is 0.761. The summed E-state index contributed by atoms with van der Waals surface area (Å²) in [5, 5.41) is 5.37. The molecule has 1 aliphatic heterocycles. The first-order valence-electron chi connectivity index (χ1n) is 5.71. The second kappa shape index (κ2) is 4.56. The van der Waals surface area contributed by atoms with E-state index in [1.165, 1.54) is 30.9 Å². The average molecular weight is 212 g/mol. The number of nitrogens with one attached hydrogen (secondary N) is 1. The molecule has 14 heavy (non-hydrogen) atoms. The summed E-state index contributed by atoms with van der Waals surface area (Å²) in [6, 6.07) is 0.603. The number of hydrogen-bond acceptors (Lipinski definition) is 2. The lowest BCUT2D eigenvalue weighted by Gasteiger charge is -2.28. The zero-order chi connectivity index (χ0) is 9.97. The Bertz CT molecular complexity index is 211. The molecule has 0 aromatic rings. The maximum absolute atomic E-state index is 4.67. The van der Waals surface area contributed by atoms with Crippen LogP contribution in [0.2, 0.25) is 0 Å². The standard InChI is InChI=1S/C11H20N2S/c1-8-6-9(2)14-11(13-8)12-7-10-4-3-5-10/h8-10H,3-7H2,1-2H3,(H,12,13). The van der Waals surface area contributed by atoms with E-state index in [1.807, 2.05) is 11.8 Å². The fourth-order valence-electron chi connectivity index (χ4n) is 2.01. The van der Waals surface area contributed by atoms with Crippen LogP contribution in [-0.4, -0.2) is 23.0 Å². The normalized spacial score (nSPS) is 36.6. The number of hydrogen-bond donors (Lipinski definition) is 1. The number of thioether (sulfide) groups is 1. The molecule has 80 valence electrons. The van der Waals surface area contributed by atoms with Gasteiger partial charge in [-0.15, -0.1) is 0 Å². The van der Waals surface area contributed by atoms with Crippen molar-refractivity contribution in [2.75, 3.05) is 6.54 Å². The topological polar surface area (TPSA) is 24.4 Å². The van der Waals surface area contributed by atoms with Crippen LogP contribution in [0.5, 0.6) is 0 Å². The highest BCUT2D eigenvalue weighted by molar-refractivity contribution is 8.14. The summed E-state index contributed by atoms with van der Waals surface area (Å²) in [6.45, 7) is 5.59. The Morgan fingerprint density at radius 1 is 1.43 bits per heavy atom. The van der Waals surface area contributed by atoms with E-state index in [1.54, 1.807) is 0 Å². The van der Waals surface area contributed by atoms with Gasteiger partial charge in [-0.1, -0.05) is 25.1 Å². The van der Waals surface area contributed by atoms with Crippen LogP contribution in [0.15, 0.2) is 4.99 Å². The van der Waals surface area contributed by atoms with Gasteiger partial charge >= 0.3 is 0 Å². The molecule has 0 bridgehead atoms. The molecule has 1 N–H and O–H groups in total. The average Bonchev–Trinajstić information content (AvgIpc) is 1.99. The lowest BCUT2D eigenvalue weighted by molar-refractivity contribution is 0.326. The van der Waals surface area contributed by atoms with E-state index in [2.05, 4.69) is 24.2 Å². The maximum Gasteiger partial charge on any atom is 0.157 e. The molecule has 0 radical (unpaired) electrons. The highest BCUT2D eigenvalue weighted by Gasteiger charge is 2.21. The first-order valence-corrected chi connectivity index (χ1v) is 6.59. The Morgan fingerprint density at radius 3 is 2.79 bits per heavy atom. The predicted molar refractivity (Wildman–Crippen MR) is 63.9 cm³/mol. The number of amidine groups is 1. The third kappa shape index (κ3) is 2.66. The molecular formula is C11H20N2S. The molecule has 1 heterocycles. The van der Waals surface area contributed by atoms with Gasteiger partial charge in [-0.05, 0) is 32.1 Å². The van der Waals surface area contributed by atoms with Gasteiger partial charge in [0.2, 0.25) is 0 Å². The molecule has 2 rings (SSSR count). The fourth-order valence-corrected chi connectivity index (χ4v) is 3.19. The van der Waals surface area contributed by atoms with E-state index in [0.717, 1.165) is 17.7 Å². The van der Waals surface area contributed by atoms with Crippen molar-refractivity contribution < 1.29 is 0 Å². The predicted octanol–water partition coefficient (Wildman–Crippen LogP) is 2.65. The van der Waals surface area contributed by atoms with E-state index in [9.17, 15) is 0 Å². The van der Waals surface area contributed by atoms with Crippen molar-refractivity contribution in [1.82, 2.24) is 5.32 Å². The maximum atomic E-state index is 4.67. The largest absolute Gasteiger partial charge is 0.362 e. The van der Waals surface area contributed by atoms with Gasteiger partial charge in [-0.3, -0.25) is 4.99 Å². The van der Waals surface area contributed by atoms with Gasteiger partial charge in [-0.2, -0.15) is 0 Å². The summed E-state index contributed by atoms with van der Waals surface area (Å²) >= 11 is 1.91. The van der Waals surface area contributed by atoms with Crippen LogP contribution in [0.25, 0.3) is 0 Å². The lowest BCUT2D eigenvalue weighted by atomic mass is 9.86. The molecule has 2 unspecified atom stereocenters. The first-order chi connectivity index (χ1) is 6.74. The van der Waals surface area contributed by atoms with Gasteiger partial charge in [0.25, 0.3) is 0 Å². The van der Waals surface area contributed by atoms with E-state index in [0.29, 0.717) is 6.04 Å². The molecule has 1 aliphatic carbocycles. The minimum atomic E-state index is 0.603. The molecule has 0 aromatic carbocycles. The summed E-state index contributed by atoms with van der Waals surface area (Å²) in [6.07, 6.45) is 5.47. The van der Waals surface area contributed by atoms with Crippen LogP contribution in [0.3, 0.4) is 0 Å². The van der Waals surface area contributed by atoms with Gasteiger partial charge in [0, 0.05) is 17.8 Å². The Balaban J connectivity index is 1.82. The van der Waals surface area contributed by atoms with Crippen molar-refractivity contribution in [1.29, 1.82) is 0 Å². The fraction of sp³-hybridized carbons (Fsp3) is 0.909. The summed E-state index contributed by atoms with van der Waals surface area (Å²) in [5.41, 5.74) is 0. The molecule has 2 nitrogen and oxygen atoms in total. The second-order valence-electron chi connectivity index (χ2n) is 4.65. The zero-order valence-corrected chi connectivity index (χ0v) is 9.94. The number of aliphatic imine (C=N–C) groups is 1. The highest BCUT2D eigenvalue weighted by atomic mass is 32.2. The van der Waals surface area contributed by atoms with E-state index in [4.69, 9.17) is 0 Å². The monoisotopic (exact) mass is 212 g/mol. The van der Waals surface area contributed by atoms with Crippen LogP contribution in [0, 0.1) is 5.92 Å². The van der Waals surface area contributed by atoms with Gasteiger partial charge in [-0.25, -0.2) is 0 Å². The molecule has 3 heteroatoms. The first kappa shape index (κ1) is 10.3. The molecule has 0 spiro atoms. The summed E-state index contributed by atoms with van der Waals surface area (Å²) < 4.78 is 0. The third-order valence-electron chi connectivity index (χ3n) is 3.09. The van der Waals surface area contributed by atoms with Crippen molar-refractivity contribution in [3.05, 3.63) is 0 Å². The van der Waals surface area contributed by atoms with Crippen molar-refractivity contribution in [3.63, 3.8) is 0 Å². The zero-order valence-electron chi connectivity index (χ0n) is 9.12. The Morgan fingerprint density at radius 2 is 2.21 bits per heavy atom. The van der Waals surface area contributed by atoms with Gasteiger partial charge in [0.1, 0.15) is 0 Å². The second-order valence-corrected chi connectivity index (χ2v) is 6.08. The Hall–Kier alpha value is -0.180. The Kier molecular flexibility index (Phi) is 3.37. The smallest absolute Gasteiger partial charge is 0.157 e. The van der Waals surface area contributed by atoms with Crippen LogP contribution in [0.1, 0.15) is 39.5 Å². The van der Waals surface area contributed by atoms with Crippen LogP contribution >= 0.6 is 11.8 Å². The van der Waals surface area contributed by atoms with Crippen molar-refractivity contribution >= 4 is 16.9 Å². The minimum absolute atomic E-state index is 0.603. The van der Waals surface area contributed by atoms with Crippen LogP contribution in [-0.2, 0) is 0 Å². The number of nitrogens with zero attached hydrogens (tertiary/aromatic N) is 1. The van der Waals surface area contributed by atoms with E-state index in [-0.39, 0.29) is 0 Å². The van der Waals surface area contributed by atoms with Crippen molar-refractivity contribution in [3.8, 4) is 0 Å². The van der Waals surface area contributed by atoms with E-state index >= 15 is 0 Å². The van der Waals surface area contributed by atoms with Crippen LogP contribution < -0.4 is 5.32 Å². The van der Waals surface area contributed by atoms with Gasteiger partial charge in [0.15, 0.2) is 5.17 Å². The summed E-state index contributed by atoms with van der Waals surface area (Å²) in [4.78, 5) is 4.67. The Labute approximate surface area is 90.9 Å². The third-order valence-corrected chi connectivity index (χ3v) is 4.15. The molecule has 2 aliphatic rings. The molecule has 1 saturated carbocycles. The SMILES string of the molecule is CC1CC(C)SC(=NCC2CCC2)N1. The van der Waals surface area contributed by atoms with Gasteiger partial charge < -0.3 is 5.32 Å². The van der Waals surface area contributed by atoms with Gasteiger partial charge in [0.05, 0.1) is 0 Å². The highest BCUT2D eigenvalue weighted by Crippen LogP contribution is 2.27. The molecular weight excluding hydrogens is 192 g/mol. The molecule has 0 amide bonds. The van der Waals surface area contributed by atoms with Crippen LogP contribution in [0.4, 0.5) is 0 Å². The minimum Gasteiger partial charge on any atom is -0.362 e. The summed E-state index contributed by atoms with van der Waals surface area (Å²) in [7, 11) is 0.